The lowest BCUT2D eigenvalue weighted by Gasteiger charge is -2.36. The van der Waals surface area contributed by atoms with Crippen LogP contribution in [0.5, 0.6) is 0 Å². The number of rotatable bonds is 9. The predicted molar refractivity (Wildman–Crippen MR) is 117 cm³/mol. The molecule has 0 radical (unpaired) electrons. The van der Waals surface area contributed by atoms with E-state index in [1.54, 1.807) is 0 Å². The molecular weight excluding hydrogens is 344 g/mol. The van der Waals surface area contributed by atoms with E-state index in [4.69, 9.17) is 0 Å². The van der Waals surface area contributed by atoms with Crippen molar-refractivity contribution in [3.8, 4) is 0 Å². The van der Waals surface area contributed by atoms with Gasteiger partial charge in [-0.3, -0.25) is 4.79 Å². The molecule has 2 heteroatoms. The van der Waals surface area contributed by atoms with Gasteiger partial charge in [0.05, 0.1) is 5.92 Å². The quantitative estimate of drug-likeness (QED) is 0.435. The van der Waals surface area contributed by atoms with Crippen LogP contribution in [0.2, 0.25) is 0 Å². The van der Waals surface area contributed by atoms with Gasteiger partial charge in [-0.2, -0.15) is 0 Å². The van der Waals surface area contributed by atoms with E-state index in [1.807, 2.05) is 0 Å². The third-order valence-electron chi connectivity index (χ3n) is 8.76. The summed E-state index contributed by atoms with van der Waals surface area (Å²) in [5.41, 5.74) is 0. The molecule has 0 aromatic heterocycles. The standard InChI is InChI=1S/C26H46O2/c1-2-6-20-9-11-21(12-10-20)13-18-25(23-7-4-3-5-8-23)19-22-14-16-24(17-15-22)26(27)28/h20-25H,2-19H2,1H3,(H,27,28). The summed E-state index contributed by atoms with van der Waals surface area (Å²) in [6.07, 6.45) is 24.6. The molecule has 0 aliphatic heterocycles. The van der Waals surface area contributed by atoms with Gasteiger partial charge in [-0.25, -0.2) is 0 Å². The molecule has 28 heavy (non-hydrogen) atoms. The molecule has 1 unspecified atom stereocenters. The van der Waals surface area contributed by atoms with Crippen LogP contribution in [0.4, 0.5) is 0 Å². The molecule has 3 saturated carbocycles. The lowest BCUT2D eigenvalue weighted by atomic mass is 9.69. The molecular formula is C26H46O2. The van der Waals surface area contributed by atoms with Crippen molar-refractivity contribution in [2.45, 2.75) is 122 Å². The molecule has 0 bridgehead atoms. The maximum absolute atomic E-state index is 11.3. The topological polar surface area (TPSA) is 37.3 Å². The summed E-state index contributed by atoms with van der Waals surface area (Å²) in [5.74, 6) is 4.13. The lowest BCUT2D eigenvalue weighted by molar-refractivity contribution is -0.143. The lowest BCUT2D eigenvalue weighted by Crippen LogP contribution is -2.26. The van der Waals surface area contributed by atoms with E-state index >= 15 is 0 Å². The zero-order chi connectivity index (χ0) is 19.8. The third-order valence-corrected chi connectivity index (χ3v) is 8.76. The minimum absolute atomic E-state index is 0.0531. The van der Waals surface area contributed by atoms with Crippen LogP contribution in [0.25, 0.3) is 0 Å². The summed E-state index contributed by atoms with van der Waals surface area (Å²) in [5, 5.41) is 9.29. The van der Waals surface area contributed by atoms with E-state index in [9.17, 15) is 9.90 Å². The van der Waals surface area contributed by atoms with Crippen molar-refractivity contribution in [2.75, 3.05) is 0 Å². The second-order valence-electron chi connectivity index (χ2n) is 10.7. The molecule has 2 nitrogen and oxygen atoms in total. The first-order valence-electron chi connectivity index (χ1n) is 12.9. The SMILES string of the molecule is CCCC1CCC(CCC(CC2CCC(C(=O)O)CC2)C2CCCCC2)CC1. The van der Waals surface area contributed by atoms with Crippen LogP contribution in [-0.4, -0.2) is 11.1 Å². The number of hydrogen-bond acceptors (Lipinski definition) is 1. The average molecular weight is 391 g/mol. The van der Waals surface area contributed by atoms with E-state index in [1.165, 1.54) is 103 Å². The number of carbonyl (C=O) groups is 1. The van der Waals surface area contributed by atoms with Crippen LogP contribution in [0.1, 0.15) is 122 Å². The molecule has 1 atom stereocenters. The number of hydrogen-bond donors (Lipinski definition) is 1. The van der Waals surface area contributed by atoms with Crippen molar-refractivity contribution >= 4 is 5.97 Å². The second kappa shape index (κ2) is 11.6. The van der Waals surface area contributed by atoms with Gasteiger partial charge in [0, 0.05) is 0 Å². The Morgan fingerprint density at radius 3 is 1.93 bits per heavy atom. The molecule has 0 aromatic rings. The first-order valence-corrected chi connectivity index (χ1v) is 12.9. The molecule has 3 fully saturated rings. The minimum atomic E-state index is -0.555. The Morgan fingerprint density at radius 1 is 0.786 bits per heavy atom. The van der Waals surface area contributed by atoms with Gasteiger partial charge in [0.2, 0.25) is 0 Å². The fourth-order valence-electron chi connectivity index (χ4n) is 6.89. The summed E-state index contributed by atoms with van der Waals surface area (Å²) in [7, 11) is 0. The Balaban J connectivity index is 1.46. The molecule has 0 saturated heterocycles. The van der Waals surface area contributed by atoms with Crippen molar-refractivity contribution in [2.24, 2.45) is 35.5 Å². The summed E-state index contributed by atoms with van der Waals surface area (Å²) >= 11 is 0. The van der Waals surface area contributed by atoms with Crippen LogP contribution >= 0.6 is 0 Å². The van der Waals surface area contributed by atoms with Gasteiger partial charge < -0.3 is 5.11 Å². The van der Waals surface area contributed by atoms with Crippen molar-refractivity contribution in [1.29, 1.82) is 0 Å². The number of carboxylic acids is 1. The molecule has 0 spiro atoms. The van der Waals surface area contributed by atoms with Crippen LogP contribution in [0.3, 0.4) is 0 Å². The van der Waals surface area contributed by atoms with Crippen LogP contribution < -0.4 is 0 Å². The Bertz CT molecular complexity index is 437. The number of carboxylic acid groups (broad SMARTS) is 1. The molecule has 162 valence electrons. The first-order chi connectivity index (χ1) is 13.7. The summed E-state index contributed by atoms with van der Waals surface area (Å²) in [6, 6.07) is 0. The Hall–Kier alpha value is -0.530. The second-order valence-corrected chi connectivity index (χ2v) is 10.7. The normalized spacial score (nSPS) is 33.5. The molecule has 3 aliphatic carbocycles. The van der Waals surface area contributed by atoms with Gasteiger partial charge in [0.25, 0.3) is 0 Å². The number of aliphatic carboxylic acids is 1. The predicted octanol–water partition coefficient (Wildman–Crippen LogP) is 7.85. The highest BCUT2D eigenvalue weighted by molar-refractivity contribution is 5.69. The smallest absolute Gasteiger partial charge is 0.306 e. The average Bonchev–Trinajstić information content (AvgIpc) is 2.73. The summed E-state index contributed by atoms with van der Waals surface area (Å²) in [6.45, 7) is 2.34. The van der Waals surface area contributed by atoms with Gasteiger partial charge in [-0.05, 0) is 68.1 Å². The van der Waals surface area contributed by atoms with Crippen molar-refractivity contribution in [3.05, 3.63) is 0 Å². The molecule has 0 heterocycles. The molecule has 3 rings (SSSR count). The maximum atomic E-state index is 11.3. The summed E-state index contributed by atoms with van der Waals surface area (Å²) < 4.78 is 0. The first kappa shape index (κ1) is 22.2. The Labute approximate surface area is 174 Å². The van der Waals surface area contributed by atoms with Crippen LogP contribution in [-0.2, 0) is 4.79 Å². The van der Waals surface area contributed by atoms with Gasteiger partial charge in [0.1, 0.15) is 0 Å². The van der Waals surface area contributed by atoms with Crippen molar-refractivity contribution < 1.29 is 9.90 Å². The molecule has 0 aromatic carbocycles. The maximum Gasteiger partial charge on any atom is 0.306 e. The van der Waals surface area contributed by atoms with Gasteiger partial charge in [-0.1, -0.05) is 84.0 Å². The van der Waals surface area contributed by atoms with Gasteiger partial charge in [-0.15, -0.1) is 0 Å². The van der Waals surface area contributed by atoms with E-state index in [-0.39, 0.29) is 5.92 Å². The monoisotopic (exact) mass is 390 g/mol. The third kappa shape index (κ3) is 6.77. The highest BCUT2D eigenvalue weighted by atomic mass is 16.4. The van der Waals surface area contributed by atoms with Crippen LogP contribution in [0.15, 0.2) is 0 Å². The van der Waals surface area contributed by atoms with Crippen molar-refractivity contribution in [1.82, 2.24) is 0 Å². The zero-order valence-corrected chi connectivity index (χ0v) is 18.5. The fourth-order valence-corrected chi connectivity index (χ4v) is 6.89. The van der Waals surface area contributed by atoms with Gasteiger partial charge in [0.15, 0.2) is 0 Å². The molecule has 0 amide bonds. The Kier molecular flexibility index (Phi) is 9.18. The molecule has 1 N–H and O–H groups in total. The van der Waals surface area contributed by atoms with E-state index in [0.717, 1.165) is 42.4 Å². The van der Waals surface area contributed by atoms with E-state index in [0.29, 0.717) is 0 Å². The largest absolute Gasteiger partial charge is 0.481 e. The molecule has 3 aliphatic rings. The highest BCUT2D eigenvalue weighted by Gasteiger charge is 2.31. The van der Waals surface area contributed by atoms with Crippen molar-refractivity contribution in [3.63, 3.8) is 0 Å². The van der Waals surface area contributed by atoms with Crippen LogP contribution in [0, 0.1) is 35.5 Å². The Morgan fingerprint density at radius 2 is 1.36 bits per heavy atom. The van der Waals surface area contributed by atoms with E-state index < -0.39 is 5.97 Å². The fraction of sp³-hybridized carbons (Fsp3) is 0.962. The van der Waals surface area contributed by atoms with Gasteiger partial charge >= 0.3 is 5.97 Å². The summed E-state index contributed by atoms with van der Waals surface area (Å²) in [4.78, 5) is 11.3. The highest BCUT2D eigenvalue weighted by Crippen LogP contribution is 2.42. The zero-order valence-electron chi connectivity index (χ0n) is 18.5. The van der Waals surface area contributed by atoms with E-state index in [2.05, 4.69) is 6.92 Å². The minimum Gasteiger partial charge on any atom is -0.481 e.